The van der Waals surface area contributed by atoms with E-state index in [9.17, 15) is 4.79 Å². The summed E-state index contributed by atoms with van der Waals surface area (Å²) in [6.07, 6.45) is 6.98. The van der Waals surface area contributed by atoms with Crippen LogP contribution in [-0.4, -0.2) is 24.0 Å². The Balaban J connectivity index is 1.59. The number of ether oxygens (including phenoxy) is 1. The van der Waals surface area contributed by atoms with Gasteiger partial charge in [-0.15, -0.1) is 11.3 Å². The first-order valence-electron chi connectivity index (χ1n) is 9.80. The molecule has 2 aromatic heterocycles. The highest BCUT2D eigenvalue weighted by Gasteiger charge is 2.21. The van der Waals surface area contributed by atoms with Crippen LogP contribution >= 0.6 is 11.3 Å². The normalized spacial score (nSPS) is 15.3. The average molecular weight is 396 g/mol. The first-order valence-corrected chi connectivity index (χ1v) is 10.6. The summed E-state index contributed by atoms with van der Waals surface area (Å²) in [5.41, 5.74) is 8.68. The number of nitrogens with two attached hydrogens (primary N) is 1. The van der Waals surface area contributed by atoms with Crippen molar-refractivity contribution in [3.05, 3.63) is 41.3 Å². The van der Waals surface area contributed by atoms with Crippen LogP contribution in [0, 0.1) is 0 Å². The summed E-state index contributed by atoms with van der Waals surface area (Å²) < 4.78 is 5.21. The lowest BCUT2D eigenvalue weighted by Gasteiger charge is -2.15. The van der Waals surface area contributed by atoms with Crippen LogP contribution in [0.1, 0.15) is 48.2 Å². The molecule has 2 heterocycles. The Hall–Kier alpha value is -2.60. The molecule has 146 valence electrons. The zero-order valence-electron chi connectivity index (χ0n) is 16.0. The van der Waals surface area contributed by atoms with Gasteiger partial charge in [-0.2, -0.15) is 0 Å². The van der Waals surface area contributed by atoms with E-state index >= 15 is 0 Å². The minimum absolute atomic E-state index is 0.0709. The highest BCUT2D eigenvalue weighted by atomic mass is 32.1. The zero-order chi connectivity index (χ0) is 19.5. The number of pyridine rings is 1. The molecule has 6 heteroatoms. The first kappa shape index (κ1) is 18.7. The maximum Gasteiger partial charge on any atom is 0.263 e. The van der Waals surface area contributed by atoms with Crippen molar-refractivity contribution in [3.63, 3.8) is 0 Å². The fourth-order valence-electron chi connectivity index (χ4n) is 3.76. The van der Waals surface area contributed by atoms with E-state index < -0.39 is 0 Å². The van der Waals surface area contributed by atoms with Crippen molar-refractivity contribution in [3.8, 4) is 17.0 Å². The number of hydrogen-bond acceptors (Lipinski definition) is 5. The number of carbonyl (C=O) groups is 1. The second-order valence-electron chi connectivity index (χ2n) is 7.28. The highest BCUT2D eigenvalue weighted by molar-refractivity contribution is 7.21. The largest absolute Gasteiger partial charge is 0.497 e. The van der Waals surface area contributed by atoms with Crippen LogP contribution in [0.5, 0.6) is 5.75 Å². The lowest BCUT2D eigenvalue weighted by atomic mass is 10.1. The van der Waals surface area contributed by atoms with E-state index in [0.29, 0.717) is 10.6 Å². The van der Waals surface area contributed by atoms with Crippen LogP contribution in [0.25, 0.3) is 21.5 Å². The van der Waals surface area contributed by atoms with Gasteiger partial charge in [-0.05, 0) is 49.2 Å². The van der Waals surface area contributed by atoms with E-state index in [-0.39, 0.29) is 11.9 Å². The molecular weight excluding hydrogens is 370 g/mol. The van der Waals surface area contributed by atoms with Crippen LogP contribution in [0.2, 0.25) is 0 Å². The second kappa shape index (κ2) is 8.19. The van der Waals surface area contributed by atoms with Gasteiger partial charge in [0.1, 0.15) is 15.5 Å². The van der Waals surface area contributed by atoms with Gasteiger partial charge in [-0.1, -0.05) is 25.7 Å². The maximum atomic E-state index is 12.8. The molecule has 28 heavy (non-hydrogen) atoms. The molecular formula is C22H25N3O2S. The lowest BCUT2D eigenvalue weighted by molar-refractivity contribution is 0.0938. The predicted molar refractivity (Wildman–Crippen MR) is 115 cm³/mol. The average Bonchev–Trinajstić information content (AvgIpc) is 2.88. The quantitative estimate of drug-likeness (QED) is 0.609. The molecule has 0 aliphatic heterocycles. The number of nitrogens with zero attached hydrogens (tertiary/aromatic N) is 1. The van der Waals surface area contributed by atoms with E-state index in [1.54, 1.807) is 7.11 Å². The molecule has 3 N–H and O–H groups in total. The van der Waals surface area contributed by atoms with Gasteiger partial charge in [0, 0.05) is 17.0 Å². The predicted octanol–water partition coefficient (Wildman–Crippen LogP) is 5.01. The molecule has 1 fully saturated rings. The summed E-state index contributed by atoms with van der Waals surface area (Å²) in [6, 6.07) is 11.9. The Morgan fingerprint density at radius 1 is 1.11 bits per heavy atom. The number of thiophene rings is 1. The highest BCUT2D eigenvalue weighted by Crippen LogP contribution is 2.34. The number of carbonyl (C=O) groups excluding carboxylic acids is 1. The monoisotopic (exact) mass is 395 g/mol. The van der Waals surface area contributed by atoms with Gasteiger partial charge in [0.15, 0.2) is 0 Å². The fraction of sp³-hybridized carbons (Fsp3) is 0.364. The van der Waals surface area contributed by atoms with Crippen LogP contribution in [0.3, 0.4) is 0 Å². The van der Waals surface area contributed by atoms with Gasteiger partial charge in [0.05, 0.1) is 18.5 Å². The zero-order valence-corrected chi connectivity index (χ0v) is 16.8. The van der Waals surface area contributed by atoms with E-state index in [2.05, 4.69) is 5.32 Å². The van der Waals surface area contributed by atoms with Crippen molar-refractivity contribution in [2.75, 3.05) is 12.8 Å². The number of nitrogens with one attached hydrogen (secondary N) is 1. The number of amides is 1. The molecule has 0 saturated heterocycles. The number of benzene rings is 1. The molecule has 0 unspecified atom stereocenters. The number of fused-ring (bicyclic) bond motifs is 1. The molecule has 1 aliphatic carbocycles. The van der Waals surface area contributed by atoms with Crippen molar-refractivity contribution in [1.29, 1.82) is 0 Å². The van der Waals surface area contributed by atoms with E-state index in [4.69, 9.17) is 15.5 Å². The molecule has 0 bridgehead atoms. The van der Waals surface area contributed by atoms with Crippen molar-refractivity contribution < 1.29 is 9.53 Å². The summed E-state index contributed by atoms with van der Waals surface area (Å²) in [4.78, 5) is 18.9. The van der Waals surface area contributed by atoms with Gasteiger partial charge in [0.25, 0.3) is 5.91 Å². The third-order valence-electron chi connectivity index (χ3n) is 5.38. The molecule has 1 saturated carbocycles. The van der Waals surface area contributed by atoms with Gasteiger partial charge in [-0.25, -0.2) is 4.98 Å². The number of hydrogen-bond donors (Lipinski definition) is 2. The van der Waals surface area contributed by atoms with Gasteiger partial charge in [0.2, 0.25) is 0 Å². The third-order valence-corrected chi connectivity index (χ3v) is 6.49. The summed E-state index contributed by atoms with van der Waals surface area (Å²) in [6.45, 7) is 0. The number of methoxy groups -OCH3 is 1. The van der Waals surface area contributed by atoms with Crippen molar-refractivity contribution in [2.45, 2.75) is 44.6 Å². The number of nitrogen functional groups attached to an aromatic ring is 1. The number of aromatic nitrogens is 1. The minimum Gasteiger partial charge on any atom is -0.497 e. The van der Waals surface area contributed by atoms with Gasteiger partial charge >= 0.3 is 0 Å². The van der Waals surface area contributed by atoms with Crippen LogP contribution in [-0.2, 0) is 0 Å². The van der Waals surface area contributed by atoms with Gasteiger partial charge < -0.3 is 15.8 Å². The Morgan fingerprint density at radius 2 is 1.82 bits per heavy atom. The molecule has 5 nitrogen and oxygen atoms in total. The Kier molecular flexibility index (Phi) is 5.48. The Morgan fingerprint density at radius 3 is 2.50 bits per heavy atom. The van der Waals surface area contributed by atoms with Gasteiger partial charge in [-0.3, -0.25) is 4.79 Å². The molecule has 3 aromatic rings. The first-order chi connectivity index (χ1) is 13.7. The Labute approximate surface area is 168 Å². The minimum atomic E-state index is -0.0709. The maximum absolute atomic E-state index is 12.8. The van der Waals surface area contributed by atoms with E-state index in [1.165, 1.54) is 37.0 Å². The third kappa shape index (κ3) is 3.83. The topological polar surface area (TPSA) is 77.2 Å². The molecule has 0 spiro atoms. The Bertz CT molecular complexity index is 973. The molecule has 1 amide bonds. The SMILES string of the molecule is COc1ccc(-c2ccc3c(N)c(C(=O)NC4CCCCCC4)sc3n2)cc1. The number of rotatable bonds is 4. The molecule has 0 radical (unpaired) electrons. The summed E-state index contributed by atoms with van der Waals surface area (Å²) >= 11 is 1.37. The smallest absolute Gasteiger partial charge is 0.263 e. The summed E-state index contributed by atoms with van der Waals surface area (Å²) in [5, 5.41) is 4.03. The van der Waals surface area contributed by atoms with Crippen molar-refractivity contribution in [2.24, 2.45) is 0 Å². The fourth-order valence-corrected chi connectivity index (χ4v) is 4.76. The standard InChI is InChI=1S/C22H25N3O2S/c1-27-16-10-8-14(9-11-16)18-13-12-17-19(23)20(28-22(17)25-18)21(26)24-15-6-4-2-3-5-7-15/h8-13,15H,2-7,23H2,1H3,(H,24,26). The molecule has 1 aliphatic rings. The summed E-state index contributed by atoms with van der Waals surface area (Å²) in [5.74, 6) is 0.737. The van der Waals surface area contributed by atoms with Crippen LogP contribution in [0.15, 0.2) is 36.4 Å². The summed E-state index contributed by atoms with van der Waals surface area (Å²) in [7, 11) is 1.65. The lowest BCUT2D eigenvalue weighted by Crippen LogP contribution is -2.34. The van der Waals surface area contributed by atoms with E-state index in [0.717, 1.165) is 40.1 Å². The molecule has 0 atom stereocenters. The second-order valence-corrected chi connectivity index (χ2v) is 8.28. The molecule has 1 aromatic carbocycles. The van der Waals surface area contributed by atoms with E-state index in [1.807, 2.05) is 36.4 Å². The van der Waals surface area contributed by atoms with Crippen molar-refractivity contribution in [1.82, 2.24) is 10.3 Å². The number of anilines is 1. The van der Waals surface area contributed by atoms with Crippen molar-refractivity contribution >= 4 is 33.1 Å². The van der Waals surface area contributed by atoms with Crippen LogP contribution in [0.4, 0.5) is 5.69 Å². The molecule has 4 rings (SSSR count). The van der Waals surface area contributed by atoms with Crippen LogP contribution < -0.4 is 15.8 Å².